The Morgan fingerprint density at radius 1 is 1.14 bits per heavy atom. The van der Waals surface area contributed by atoms with Gasteiger partial charge < -0.3 is 9.47 Å². The second-order valence-electron chi connectivity index (χ2n) is 6.45. The number of nitrogens with one attached hydrogen (secondary N) is 1. The van der Waals surface area contributed by atoms with Gasteiger partial charge in [0, 0.05) is 25.2 Å². The van der Waals surface area contributed by atoms with E-state index in [1.165, 1.54) is 5.56 Å². The van der Waals surface area contributed by atoms with Crippen LogP contribution in [0.1, 0.15) is 21.5 Å². The van der Waals surface area contributed by atoms with Crippen molar-refractivity contribution < 1.29 is 14.3 Å². The van der Waals surface area contributed by atoms with Gasteiger partial charge in [0.2, 0.25) is 0 Å². The minimum Gasteiger partial charge on any atom is -0.490 e. The Morgan fingerprint density at radius 2 is 1.86 bits per heavy atom. The fourth-order valence-corrected chi connectivity index (χ4v) is 2.81. The van der Waals surface area contributed by atoms with E-state index in [0.29, 0.717) is 12.2 Å². The van der Waals surface area contributed by atoms with Crippen LogP contribution in [0.5, 0.6) is 5.75 Å². The first-order valence-corrected chi connectivity index (χ1v) is 9.31. The molecule has 1 N–H and O–H groups in total. The van der Waals surface area contributed by atoms with E-state index in [-0.39, 0.29) is 5.91 Å². The van der Waals surface area contributed by atoms with E-state index in [4.69, 9.17) is 9.47 Å². The lowest BCUT2D eigenvalue weighted by atomic mass is 10.1. The molecule has 2 aromatic rings. The number of benzene rings is 2. The van der Waals surface area contributed by atoms with E-state index in [1.54, 1.807) is 12.3 Å². The lowest BCUT2D eigenvalue weighted by Crippen LogP contribution is -2.35. The Morgan fingerprint density at radius 3 is 2.54 bits per heavy atom. The summed E-state index contributed by atoms with van der Waals surface area (Å²) in [5, 5.41) is 4.02. The van der Waals surface area contributed by atoms with Crippen LogP contribution in [0, 0.1) is 0 Å². The second-order valence-corrected chi connectivity index (χ2v) is 6.45. The molecule has 1 amide bonds. The smallest absolute Gasteiger partial charge is 0.271 e. The molecule has 0 aromatic heterocycles. The zero-order valence-corrected chi connectivity index (χ0v) is 15.8. The maximum absolute atomic E-state index is 12.2. The number of ether oxygens (including phenoxy) is 2. The van der Waals surface area contributed by atoms with E-state index < -0.39 is 0 Å². The summed E-state index contributed by atoms with van der Waals surface area (Å²) in [6.07, 6.45) is 3.29. The van der Waals surface area contributed by atoms with Crippen molar-refractivity contribution >= 4 is 12.1 Å². The first-order valence-electron chi connectivity index (χ1n) is 9.31. The van der Waals surface area contributed by atoms with Gasteiger partial charge in [0.15, 0.2) is 0 Å². The highest BCUT2D eigenvalue weighted by atomic mass is 16.5. The largest absolute Gasteiger partial charge is 0.490 e. The number of hydrogen-bond acceptors (Lipinski definition) is 5. The van der Waals surface area contributed by atoms with Crippen LogP contribution in [0.2, 0.25) is 0 Å². The van der Waals surface area contributed by atoms with Gasteiger partial charge in [-0.2, -0.15) is 5.10 Å². The number of nitrogens with zero attached hydrogens (tertiary/aromatic N) is 2. The molecule has 28 heavy (non-hydrogen) atoms. The number of hydrogen-bond donors (Lipinski definition) is 1. The van der Waals surface area contributed by atoms with Crippen LogP contribution in [-0.2, 0) is 11.3 Å². The van der Waals surface area contributed by atoms with Gasteiger partial charge in [-0.3, -0.25) is 9.69 Å². The van der Waals surface area contributed by atoms with Gasteiger partial charge in [-0.15, -0.1) is 0 Å². The number of rotatable bonds is 8. The summed E-state index contributed by atoms with van der Waals surface area (Å²) in [4.78, 5) is 14.6. The Bertz CT molecular complexity index is 795. The van der Waals surface area contributed by atoms with E-state index in [2.05, 4.69) is 22.0 Å². The molecule has 146 valence electrons. The maximum Gasteiger partial charge on any atom is 0.271 e. The van der Waals surface area contributed by atoms with Crippen molar-refractivity contribution in [1.29, 1.82) is 0 Å². The molecule has 0 saturated carbocycles. The van der Waals surface area contributed by atoms with Crippen molar-refractivity contribution in [2.75, 3.05) is 32.9 Å². The highest BCUT2D eigenvalue weighted by molar-refractivity contribution is 5.94. The topological polar surface area (TPSA) is 63.2 Å². The molecule has 3 rings (SSSR count). The summed E-state index contributed by atoms with van der Waals surface area (Å²) >= 11 is 0. The van der Waals surface area contributed by atoms with Crippen LogP contribution < -0.4 is 10.2 Å². The number of carbonyl (C=O) groups is 1. The molecule has 0 aliphatic carbocycles. The summed E-state index contributed by atoms with van der Waals surface area (Å²) in [6, 6.07) is 15.0. The third kappa shape index (κ3) is 6.04. The van der Waals surface area contributed by atoms with E-state index in [0.717, 1.165) is 44.2 Å². The molecule has 0 radical (unpaired) electrons. The molecule has 0 bridgehead atoms. The first-order chi connectivity index (χ1) is 13.7. The fourth-order valence-electron chi connectivity index (χ4n) is 2.81. The monoisotopic (exact) mass is 379 g/mol. The molecule has 1 aliphatic heterocycles. The molecule has 0 spiro atoms. The summed E-state index contributed by atoms with van der Waals surface area (Å²) in [5.74, 6) is 0.526. The van der Waals surface area contributed by atoms with Crippen molar-refractivity contribution in [2.45, 2.75) is 6.54 Å². The zero-order chi connectivity index (χ0) is 19.6. The van der Waals surface area contributed by atoms with Crippen LogP contribution in [0.25, 0.3) is 0 Å². The highest BCUT2D eigenvalue weighted by Gasteiger charge is 2.11. The quantitative estimate of drug-likeness (QED) is 0.435. The molecule has 1 aliphatic rings. The molecule has 1 saturated heterocycles. The molecule has 6 heteroatoms. The van der Waals surface area contributed by atoms with Gasteiger partial charge in [0.1, 0.15) is 12.4 Å². The standard InChI is InChI=1S/C22H25N3O3/c1-2-13-28-21-9-5-18(6-10-21)16-23-24-22(26)20-7-3-19(4-8-20)17-25-11-14-27-15-12-25/h2-10,16H,1,11-15,17H2,(H,24,26)/b23-16+. The van der Waals surface area contributed by atoms with Gasteiger partial charge in [0.05, 0.1) is 19.4 Å². The molecule has 1 fully saturated rings. The Kier molecular flexibility index (Phi) is 7.35. The van der Waals surface area contributed by atoms with Crippen molar-refractivity contribution in [1.82, 2.24) is 10.3 Å². The van der Waals surface area contributed by atoms with Crippen LogP contribution in [0.4, 0.5) is 0 Å². The molecule has 0 atom stereocenters. The number of amides is 1. The van der Waals surface area contributed by atoms with E-state index in [1.807, 2.05) is 48.5 Å². The second kappa shape index (κ2) is 10.4. The normalized spacial score (nSPS) is 14.7. The molecule has 0 unspecified atom stereocenters. The summed E-state index contributed by atoms with van der Waals surface area (Å²) in [6.45, 7) is 8.40. The van der Waals surface area contributed by atoms with Crippen LogP contribution >= 0.6 is 0 Å². The van der Waals surface area contributed by atoms with Crippen molar-refractivity contribution in [3.63, 3.8) is 0 Å². The molecule has 2 aromatic carbocycles. The zero-order valence-electron chi connectivity index (χ0n) is 15.8. The minimum absolute atomic E-state index is 0.236. The Balaban J connectivity index is 1.48. The van der Waals surface area contributed by atoms with Crippen LogP contribution in [0.15, 0.2) is 66.3 Å². The molecular formula is C22H25N3O3. The minimum atomic E-state index is -0.236. The van der Waals surface area contributed by atoms with Gasteiger partial charge >= 0.3 is 0 Å². The SMILES string of the molecule is C=CCOc1ccc(/C=N/NC(=O)c2ccc(CN3CCOCC3)cc2)cc1. The van der Waals surface area contributed by atoms with Gasteiger partial charge in [-0.25, -0.2) is 5.43 Å². The lowest BCUT2D eigenvalue weighted by molar-refractivity contribution is 0.0342. The van der Waals surface area contributed by atoms with Crippen molar-refractivity contribution in [3.8, 4) is 5.75 Å². The highest BCUT2D eigenvalue weighted by Crippen LogP contribution is 2.11. The van der Waals surface area contributed by atoms with Crippen molar-refractivity contribution in [3.05, 3.63) is 77.9 Å². The average Bonchev–Trinajstić information content (AvgIpc) is 2.74. The molecular weight excluding hydrogens is 354 g/mol. The summed E-state index contributed by atoms with van der Waals surface area (Å²) in [5.41, 5.74) is 5.18. The van der Waals surface area contributed by atoms with Gasteiger partial charge in [-0.1, -0.05) is 24.8 Å². The first kappa shape index (κ1) is 19.8. The van der Waals surface area contributed by atoms with E-state index in [9.17, 15) is 4.79 Å². The van der Waals surface area contributed by atoms with Gasteiger partial charge in [0.25, 0.3) is 5.91 Å². The third-order valence-corrected chi connectivity index (χ3v) is 4.35. The number of carbonyl (C=O) groups excluding carboxylic acids is 1. The van der Waals surface area contributed by atoms with E-state index >= 15 is 0 Å². The molecule has 1 heterocycles. The van der Waals surface area contributed by atoms with Crippen LogP contribution in [-0.4, -0.2) is 49.9 Å². The average molecular weight is 379 g/mol. The maximum atomic E-state index is 12.2. The van der Waals surface area contributed by atoms with Crippen molar-refractivity contribution in [2.24, 2.45) is 5.10 Å². The Hall–Kier alpha value is -2.96. The summed E-state index contributed by atoms with van der Waals surface area (Å²) in [7, 11) is 0. The predicted molar refractivity (Wildman–Crippen MR) is 110 cm³/mol. The lowest BCUT2D eigenvalue weighted by Gasteiger charge is -2.26. The molecule has 6 nitrogen and oxygen atoms in total. The number of morpholine rings is 1. The predicted octanol–water partition coefficient (Wildman–Crippen LogP) is 2.85. The number of hydrazone groups is 1. The Labute approximate surface area is 165 Å². The fraction of sp³-hybridized carbons (Fsp3) is 0.273. The third-order valence-electron chi connectivity index (χ3n) is 4.35. The van der Waals surface area contributed by atoms with Crippen LogP contribution in [0.3, 0.4) is 0 Å². The van der Waals surface area contributed by atoms with Gasteiger partial charge in [-0.05, 0) is 47.5 Å². The summed E-state index contributed by atoms with van der Waals surface area (Å²) < 4.78 is 10.8.